The number of aryl methyl sites for hydroxylation is 1. The van der Waals surface area contributed by atoms with E-state index in [1.165, 1.54) is 0 Å². The summed E-state index contributed by atoms with van der Waals surface area (Å²) >= 11 is 0. The lowest BCUT2D eigenvalue weighted by Crippen LogP contribution is -2.24. The summed E-state index contributed by atoms with van der Waals surface area (Å²) in [6.07, 6.45) is 2.15. The molecule has 1 aromatic heterocycles. The molecular formula is C10H16N4O. The Bertz CT molecular complexity index is 327. The van der Waals surface area contributed by atoms with Gasteiger partial charge in [-0.2, -0.15) is 0 Å². The molecule has 0 fully saturated rings. The molecule has 2 N–H and O–H groups in total. The van der Waals surface area contributed by atoms with Crippen LogP contribution in [0.5, 0.6) is 0 Å². The number of carbonyl (C=O) groups is 1. The summed E-state index contributed by atoms with van der Waals surface area (Å²) in [5.41, 5.74) is 0. The Kier molecular flexibility index (Phi) is 4.53. The molecular weight excluding hydrogens is 192 g/mol. The van der Waals surface area contributed by atoms with E-state index >= 15 is 0 Å². The fourth-order valence-corrected chi connectivity index (χ4v) is 1.14. The standard InChI is InChI=1S/C10H16N4O/c1-3-11-10(15)5-7-13-9-4-6-12-8(2)14-9/h4,6H,3,5,7H2,1-2H3,(H,11,15)(H,12,13,14). The first kappa shape index (κ1) is 11.4. The van der Waals surface area contributed by atoms with Crippen molar-refractivity contribution < 1.29 is 4.79 Å². The van der Waals surface area contributed by atoms with Crippen LogP contribution in [-0.4, -0.2) is 29.0 Å². The van der Waals surface area contributed by atoms with Crippen molar-refractivity contribution in [2.45, 2.75) is 20.3 Å². The molecule has 82 valence electrons. The molecule has 0 aromatic carbocycles. The number of rotatable bonds is 5. The van der Waals surface area contributed by atoms with Gasteiger partial charge < -0.3 is 10.6 Å². The third-order valence-electron chi connectivity index (χ3n) is 1.81. The number of nitrogens with one attached hydrogen (secondary N) is 2. The predicted molar refractivity (Wildman–Crippen MR) is 58.6 cm³/mol. The number of hydrogen-bond acceptors (Lipinski definition) is 4. The van der Waals surface area contributed by atoms with Crippen molar-refractivity contribution in [1.82, 2.24) is 15.3 Å². The van der Waals surface area contributed by atoms with Crippen LogP contribution in [0.2, 0.25) is 0 Å². The van der Waals surface area contributed by atoms with Crippen LogP contribution in [0.1, 0.15) is 19.2 Å². The molecule has 15 heavy (non-hydrogen) atoms. The molecule has 0 spiro atoms. The third-order valence-corrected chi connectivity index (χ3v) is 1.81. The average molecular weight is 208 g/mol. The Morgan fingerprint density at radius 3 is 3.00 bits per heavy atom. The first-order chi connectivity index (χ1) is 7.22. The summed E-state index contributed by atoms with van der Waals surface area (Å²) in [6, 6.07) is 1.78. The van der Waals surface area contributed by atoms with E-state index in [0.29, 0.717) is 19.5 Å². The minimum Gasteiger partial charge on any atom is -0.369 e. The second kappa shape index (κ2) is 5.95. The lowest BCUT2D eigenvalue weighted by Gasteiger charge is -2.05. The largest absolute Gasteiger partial charge is 0.369 e. The van der Waals surface area contributed by atoms with Gasteiger partial charge in [0, 0.05) is 25.7 Å². The highest BCUT2D eigenvalue weighted by Gasteiger charge is 1.99. The second-order valence-corrected chi connectivity index (χ2v) is 3.12. The third kappa shape index (κ3) is 4.39. The summed E-state index contributed by atoms with van der Waals surface area (Å²) in [4.78, 5) is 19.3. The molecule has 5 heteroatoms. The molecule has 0 radical (unpaired) electrons. The van der Waals surface area contributed by atoms with Crippen LogP contribution in [0, 0.1) is 6.92 Å². The van der Waals surface area contributed by atoms with Crippen molar-refractivity contribution in [1.29, 1.82) is 0 Å². The zero-order valence-corrected chi connectivity index (χ0v) is 9.08. The summed E-state index contributed by atoms with van der Waals surface area (Å²) in [7, 11) is 0. The number of nitrogens with zero attached hydrogens (tertiary/aromatic N) is 2. The number of hydrogen-bond donors (Lipinski definition) is 2. The molecule has 0 aliphatic heterocycles. The van der Waals surface area contributed by atoms with Crippen LogP contribution in [0.3, 0.4) is 0 Å². The zero-order chi connectivity index (χ0) is 11.1. The SMILES string of the molecule is CCNC(=O)CCNc1ccnc(C)n1. The monoisotopic (exact) mass is 208 g/mol. The Balaban J connectivity index is 2.28. The van der Waals surface area contributed by atoms with Crippen LogP contribution in [0.15, 0.2) is 12.3 Å². The van der Waals surface area contributed by atoms with E-state index in [2.05, 4.69) is 20.6 Å². The van der Waals surface area contributed by atoms with Crippen molar-refractivity contribution in [3.63, 3.8) is 0 Å². The summed E-state index contributed by atoms with van der Waals surface area (Å²) < 4.78 is 0. The van der Waals surface area contributed by atoms with Gasteiger partial charge in [-0.05, 0) is 19.9 Å². The van der Waals surface area contributed by atoms with Gasteiger partial charge in [-0.15, -0.1) is 0 Å². The Morgan fingerprint density at radius 1 is 1.53 bits per heavy atom. The van der Waals surface area contributed by atoms with E-state index in [1.807, 2.05) is 13.8 Å². The van der Waals surface area contributed by atoms with Crippen LogP contribution in [0.25, 0.3) is 0 Å². The van der Waals surface area contributed by atoms with Crippen LogP contribution in [0.4, 0.5) is 5.82 Å². The van der Waals surface area contributed by atoms with Crippen molar-refractivity contribution in [2.24, 2.45) is 0 Å². The van der Waals surface area contributed by atoms with Gasteiger partial charge in [0.1, 0.15) is 11.6 Å². The number of carbonyl (C=O) groups excluding carboxylic acids is 1. The molecule has 0 aliphatic carbocycles. The smallest absolute Gasteiger partial charge is 0.221 e. The van der Waals surface area contributed by atoms with Gasteiger partial charge >= 0.3 is 0 Å². The maximum atomic E-state index is 11.1. The highest BCUT2D eigenvalue weighted by atomic mass is 16.1. The zero-order valence-electron chi connectivity index (χ0n) is 9.08. The van der Waals surface area contributed by atoms with E-state index in [-0.39, 0.29) is 5.91 Å². The lowest BCUT2D eigenvalue weighted by molar-refractivity contribution is -0.120. The minimum atomic E-state index is 0.0516. The van der Waals surface area contributed by atoms with Crippen LogP contribution in [-0.2, 0) is 4.79 Å². The van der Waals surface area contributed by atoms with Crippen molar-refractivity contribution in [2.75, 3.05) is 18.4 Å². The minimum absolute atomic E-state index is 0.0516. The molecule has 0 atom stereocenters. The molecule has 1 aromatic rings. The van der Waals surface area contributed by atoms with E-state index in [0.717, 1.165) is 11.6 Å². The number of aromatic nitrogens is 2. The summed E-state index contributed by atoms with van der Waals surface area (Å²) in [5.74, 6) is 1.53. The van der Waals surface area contributed by atoms with E-state index in [1.54, 1.807) is 12.3 Å². The van der Waals surface area contributed by atoms with E-state index in [9.17, 15) is 4.79 Å². The average Bonchev–Trinajstić information content (AvgIpc) is 2.18. The van der Waals surface area contributed by atoms with E-state index < -0.39 is 0 Å². The molecule has 0 aliphatic rings. The van der Waals surface area contributed by atoms with Gasteiger partial charge in [-0.3, -0.25) is 4.79 Å². The highest BCUT2D eigenvalue weighted by Crippen LogP contribution is 2.00. The summed E-state index contributed by atoms with van der Waals surface area (Å²) in [5, 5.41) is 5.79. The molecule has 1 rings (SSSR count). The van der Waals surface area contributed by atoms with Gasteiger partial charge in [0.2, 0.25) is 5.91 Å². The van der Waals surface area contributed by atoms with Gasteiger partial charge in [0.15, 0.2) is 0 Å². The van der Waals surface area contributed by atoms with E-state index in [4.69, 9.17) is 0 Å². The molecule has 1 heterocycles. The number of anilines is 1. The molecule has 0 bridgehead atoms. The van der Waals surface area contributed by atoms with Crippen molar-refractivity contribution >= 4 is 11.7 Å². The predicted octanol–water partition coefficient (Wildman–Crippen LogP) is 0.723. The van der Waals surface area contributed by atoms with Crippen LogP contribution >= 0.6 is 0 Å². The van der Waals surface area contributed by atoms with Crippen molar-refractivity contribution in [3.05, 3.63) is 18.1 Å². The van der Waals surface area contributed by atoms with Gasteiger partial charge in [-0.25, -0.2) is 9.97 Å². The maximum absolute atomic E-state index is 11.1. The fourth-order valence-electron chi connectivity index (χ4n) is 1.14. The van der Waals surface area contributed by atoms with Crippen LogP contribution < -0.4 is 10.6 Å². The van der Waals surface area contributed by atoms with Gasteiger partial charge in [0.25, 0.3) is 0 Å². The summed E-state index contributed by atoms with van der Waals surface area (Å²) in [6.45, 7) is 4.99. The Labute approximate surface area is 89.3 Å². The molecule has 0 unspecified atom stereocenters. The highest BCUT2D eigenvalue weighted by molar-refractivity contribution is 5.76. The molecule has 0 saturated heterocycles. The maximum Gasteiger partial charge on any atom is 0.221 e. The Morgan fingerprint density at radius 2 is 2.33 bits per heavy atom. The fraction of sp³-hybridized carbons (Fsp3) is 0.500. The lowest BCUT2D eigenvalue weighted by atomic mass is 10.4. The normalized spacial score (nSPS) is 9.73. The first-order valence-electron chi connectivity index (χ1n) is 5.02. The molecule has 5 nitrogen and oxygen atoms in total. The van der Waals surface area contributed by atoms with Gasteiger partial charge in [0.05, 0.1) is 0 Å². The topological polar surface area (TPSA) is 66.9 Å². The second-order valence-electron chi connectivity index (χ2n) is 3.12. The molecule has 1 amide bonds. The Hall–Kier alpha value is -1.65. The van der Waals surface area contributed by atoms with Crippen molar-refractivity contribution in [3.8, 4) is 0 Å². The molecule has 0 saturated carbocycles. The quantitative estimate of drug-likeness (QED) is 0.748. The van der Waals surface area contributed by atoms with Gasteiger partial charge in [-0.1, -0.05) is 0 Å². The first-order valence-corrected chi connectivity index (χ1v) is 5.02. The number of amides is 1.